The van der Waals surface area contributed by atoms with E-state index in [0.29, 0.717) is 11.9 Å². The number of aliphatic hydroxyl groups is 1. The summed E-state index contributed by atoms with van der Waals surface area (Å²) in [6, 6.07) is 12.9. The van der Waals surface area contributed by atoms with Gasteiger partial charge in [0.15, 0.2) is 5.65 Å². The summed E-state index contributed by atoms with van der Waals surface area (Å²) < 4.78 is 1.78. The first-order valence-corrected chi connectivity index (χ1v) is 11.3. The van der Waals surface area contributed by atoms with Crippen LogP contribution in [0, 0.1) is 11.8 Å². The van der Waals surface area contributed by atoms with Gasteiger partial charge >= 0.3 is 0 Å². The summed E-state index contributed by atoms with van der Waals surface area (Å²) in [6.45, 7) is 5.78. The van der Waals surface area contributed by atoms with Crippen molar-refractivity contribution in [2.45, 2.75) is 51.8 Å². The third-order valence-corrected chi connectivity index (χ3v) is 6.38. The van der Waals surface area contributed by atoms with Gasteiger partial charge in [0.25, 0.3) is 0 Å². The van der Waals surface area contributed by atoms with Crippen molar-refractivity contribution in [3.8, 4) is 11.1 Å². The number of nitrogens with zero attached hydrogens (tertiary/aromatic N) is 4. The first kappa shape index (κ1) is 19.5. The van der Waals surface area contributed by atoms with Crippen molar-refractivity contribution in [3.63, 3.8) is 0 Å². The van der Waals surface area contributed by atoms with Gasteiger partial charge in [-0.15, -0.1) is 5.10 Å². The van der Waals surface area contributed by atoms with Crippen LogP contribution in [-0.4, -0.2) is 43.9 Å². The first-order chi connectivity index (χ1) is 14.7. The largest absolute Gasteiger partial charge is 0.373 e. The van der Waals surface area contributed by atoms with E-state index in [9.17, 15) is 5.11 Å². The number of unbranched alkanes of at least 4 members (excludes halogenated alkanes) is 1. The third kappa shape index (κ3) is 4.20. The second-order valence-electron chi connectivity index (χ2n) is 8.95. The molecule has 5 rings (SSSR count). The molecule has 1 saturated carbocycles. The molecule has 1 unspecified atom stereocenters. The van der Waals surface area contributed by atoms with Crippen molar-refractivity contribution in [3.05, 3.63) is 48.2 Å². The van der Waals surface area contributed by atoms with Gasteiger partial charge in [-0.2, -0.15) is 4.98 Å². The summed E-state index contributed by atoms with van der Waals surface area (Å²) in [6.07, 6.45) is 7.50. The van der Waals surface area contributed by atoms with Gasteiger partial charge in [-0.3, -0.25) is 4.90 Å². The lowest BCUT2D eigenvalue weighted by Crippen LogP contribution is -2.45. The Balaban J connectivity index is 1.26. The molecule has 1 aliphatic carbocycles. The molecule has 6 heteroatoms. The van der Waals surface area contributed by atoms with E-state index in [1.165, 1.54) is 37.9 Å². The molecule has 0 amide bonds. The van der Waals surface area contributed by atoms with Gasteiger partial charge in [0.2, 0.25) is 5.95 Å². The topological polar surface area (TPSA) is 65.7 Å². The summed E-state index contributed by atoms with van der Waals surface area (Å²) in [7, 11) is 0. The SMILES string of the molecule is CCCCC1CN(Cc2ccc(-c3cccn4nc(NC(O)C5CC5)nc34)cc2)C1. The van der Waals surface area contributed by atoms with Crippen LogP contribution in [-0.2, 0) is 6.54 Å². The van der Waals surface area contributed by atoms with Crippen LogP contribution in [0.4, 0.5) is 5.95 Å². The minimum atomic E-state index is -0.562. The highest BCUT2D eigenvalue weighted by Crippen LogP contribution is 2.33. The smallest absolute Gasteiger partial charge is 0.245 e. The molecule has 3 aromatic rings. The summed E-state index contributed by atoms with van der Waals surface area (Å²) >= 11 is 0. The van der Waals surface area contributed by atoms with E-state index >= 15 is 0 Å². The van der Waals surface area contributed by atoms with Crippen molar-refractivity contribution >= 4 is 11.6 Å². The lowest BCUT2D eigenvalue weighted by molar-refractivity contribution is 0.0849. The number of aromatic nitrogens is 3. The standard InChI is InChI=1S/C24H31N5O/c1-2-3-5-18-15-28(16-18)14-17-7-9-19(10-8-17)21-6-4-13-29-22(21)25-24(27-29)26-23(30)20-11-12-20/h4,6-10,13,18,20,23,30H,2-3,5,11-12,14-16H2,1H3,(H,26,27). The second kappa shape index (κ2) is 8.36. The van der Waals surface area contributed by atoms with Crippen LogP contribution in [0.2, 0.25) is 0 Å². The minimum absolute atomic E-state index is 0.331. The van der Waals surface area contributed by atoms with E-state index in [-0.39, 0.29) is 0 Å². The van der Waals surface area contributed by atoms with Crippen molar-refractivity contribution in [1.29, 1.82) is 0 Å². The molecule has 0 spiro atoms. The quantitative estimate of drug-likeness (QED) is 0.524. The number of hydrogen-bond donors (Lipinski definition) is 2. The molecule has 2 aromatic heterocycles. The maximum atomic E-state index is 10.1. The van der Waals surface area contributed by atoms with Crippen molar-refractivity contribution < 1.29 is 5.11 Å². The normalized spacial score (nSPS) is 18.5. The molecular weight excluding hydrogens is 374 g/mol. The maximum absolute atomic E-state index is 10.1. The van der Waals surface area contributed by atoms with Gasteiger partial charge in [-0.25, -0.2) is 4.52 Å². The van der Waals surface area contributed by atoms with Crippen LogP contribution in [0.15, 0.2) is 42.6 Å². The van der Waals surface area contributed by atoms with E-state index < -0.39 is 6.23 Å². The molecule has 3 heterocycles. The fourth-order valence-electron chi connectivity index (χ4n) is 4.38. The Morgan fingerprint density at radius 3 is 2.70 bits per heavy atom. The summed E-state index contributed by atoms with van der Waals surface area (Å²) in [4.78, 5) is 7.18. The zero-order chi connectivity index (χ0) is 20.5. The average molecular weight is 406 g/mol. The fourth-order valence-corrected chi connectivity index (χ4v) is 4.38. The van der Waals surface area contributed by atoms with Crippen LogP contribution < -0.4 is 5.32 Å². The number of anilines is 1. The zero-order valence-electron chi connectivity index (χ0n) is 17.7. The van der Waals surface area contributed by atoms with Crippen molar-refractivity contribution in [1.82, 2.24) is 19.5 Å². The molecule has 6 nitrogen and oxygen atoms in total. The molecule has 1 atom stereocenters. The minimum Gasteiger partial charge on any atom is -0.373 e. The Bertz CT molecular complexity index is 989. The van der Waals surface area contributed by atoms with Gasteiger partial charge in [0.05, 0.1) is 0 Å². The Labute approximate surface area is 177 Å². The molecule has 1 saturated heterocycles. The van der Waals surface area contributed by atoms with Crippen LogP contribution in [0.1, 0.15) is 44.6 Å². The van der Waals surface area contributed by atoms with Crippen LogP contribution >= 0.6 is 0 Å². The van der Waals surface area contributed by atoms with Crippen LogP contribution in [0.3, 0.4) is 0 Å². The molecule has 1 aliphatic heterocycles. The lowest BCUT2D eigenvalue weighted by Gasteiger charge is -2.39. The molecule has 1 aromatic carbocycles. The predicted molar refractivity (Wildman–Crippen MR) is 119 cm³/mol. The van der Waals surface area contributed by atoms with E-state index in [2.05, 4.69) is 57.6 Å². The van der Waals surface area contributed by atoms with Crippen LogP contribution in [0.25, 0.3) is 16.8 Å². The predicted octanol–water partition coefficient (Wildman–Crippen LogP) is 4.16. The summed E-state index contributed by atoms with van der Waals surface area (Å²) in [5.74, 6) is 1.71. The average Bonchev–Trinajstić information content (AvgIpc) is 3.50. The van der Waals surface area contributed by atoms with E-state index in [1.807, 2.05) is 12.3 Å². The molecule has 0 radical (unpaired) electrons. The number of benzene rings is 1. The van der Waals surface area contributed by atoms with Gasteiger partial charge < -0.3 is 10.4 Å². The zero-order valence-corrected chi connectivity index (χ0v) is 17.7. The molecule has 158 valence electrons. The Morgan fingerprint density at radius 2 is 1.97 bits per heavy atom. The fraction of sp³-hybridized carbons (Fsp3) is 0.500. The Morgan fingerprint density at radius 1 is 1.17 bits per heavy atom. The van der Waals surface area contributed by atoms with Gasteiger partial charge in [-0.05, 0) is 48.4 Å². The Hall–Kier alpha value is -2.44. The summed E-state index contributed by atoms with van der Waals surface area (Å²) in [5.41, 5.74) is 4.35. The number of nitrogens with one attached hydrogen (secondary N) is 1. The van der Waals surface area contributed by atoms with Crippen molar-refractivity contribution in [2.75, 3.05) is 18.4 Å². The highest BCUT2D eigenvalue weighted by Gasteiger charge is 2.30. The number of pyridine rings is 1. The Kier molecular flexibility index (Phi) is 5.44. The van der Waals surface area contributed by atoms with E-state index in [0.717, 1.165) is 42.1 Å². The van der Waals surface area contributed by atoms with Gasteiger partial charge in [-0.1, -0.05) is 44.0 Å². The summed E-state index contributed by atoms with van der Waals surface area (Å²) in [5, 5.41) is 17.7. The number of likely N-dealkylation sites (tertiary alicyclic amines) is 1. The third-order valence-electron chi connectivity index (χ3n) is 6.38. The van der Waals surface area contributed by atoms with Crippen LogP contribution in [0.5, 0.6) is 0 Å². The maximum Gasteiger partial charge on any atom is 0.245 e. The number of fused-ring (bicyclic) bond motifs is 1. The number of hydrogen-bond acceptors (Lipinski definition) is 5. The molecular formula is C24H31N5O. The van der Waals surface area contributed by atoms with Crippen molar-refractivity contribution in [2.24, 2.45) is 11.8 Å². The van der Waals surface area contributed by atoms with Gasteiger partial charge in [0.1, 0.15) is 6.23 Å². The highest BCUT2D eigenvalue weighted by molar-refractivity contribution is 5.77. The molecule has 0 bridgehead atoms. The first-order valence-electron chi connectivity index (χ1n) is 11.3. The molecule has 2 N–H and O–H groups in total. The monoisotopic (exact) mass is 405 g/mol. The number of rotatable bonds is 9. The molecule has 2 aliphatic rings. The lowest BCUT2D eigenvalue weighted by atomic mass is 9.93. The molecule has 30 heavy (non-hydrogen) atoms. The van der Waals surface area contributed by atoms with E-state index in [4.69, 9.17) is 0 Å². The highest BCUT2D eigenvalue weighted by atomic mass is 16.3. The van der Waals surface area contributed by atoms with Gasteiger partial charge in [0, 0.05) is 37.3 Å². The van der Waals surface area contributed by atoms with E-state index in [1.54, 1.807) is 4.52 Å². The molecule has 2 fully saturated rings. The number of aliphatic hydroxyl groups excluding tert-OH is 1. The second-order valence-corrected chi connectivity index (χ2v) is 8.95.